The van der Waals surface area contributed by atoms with Gasteiger partial charge in [-0.25, -0.2) is 4.68 Å². The summed E-state index contributed by atoms with van der Waals surface area (Å²) in [4.78, 5) is 17.6. The standard InChI is InChI=1S/C22H25N5O/c1-14(2)16-9-11-17(12-10-16)20-19(15(3)25-22-23-13-24-27(20)22)21(28)26-18-7-5-4-6-8-18/h4-15,19-20H,1-3H3,(H,26,28)(H,23,24,25)/t15-,19-,20-/m1/s1. The second-order valence-electron chi connectivity index (χ2n) is 7.61. The predicted octanol–water partition coefficient (Wildman–Crippen LogP) is 4.06. The highest BCUT2D eigenvalue weighted by Gasteiger charge is 2.41. The average molecular weight is 375 g/mol. The van der Waals surface area contributed by atoms with Crippen LogP contribution in [0.15, 0.2) is 60.9 Å². The van der Waals surface area contributed by atoms with Crippen LogP contribution in [-0.2, 0) is 4.79 Å². The first-order valence-electron chi connectivity index (χ1n) is 9.66. The van der Waals surface area contributed by atoms with Gasteiger partial charge in [-0.15, -0.1) is 0 Å². The van der Waals surface area contributed by atoms with Crippen molar-refractivity contribution in [3.05, 3.63) is 72.1 Å². The van der Waals surface area contributed by atoms with Gasteiger partial charge in [0.15, 0.2) is 0 Å². The number of carbonyl (C=O) groups excluding carboxylic acids is 1. The van der Waals surface area contributed by atoms with Gasteiger partial charge in [-0.2, -0.15) is 10.1 Å². The monoisotopic (exact) mass is 375 g/mol. The molecule has 0 radical (unpaired) electrons. The molecule has 6 nitrogen and oxygen atoms in total. The number of nitrogens with one attached hydrogen (secondary N) is 2. The fourth-order valence-electron chi connectivity index (χ4n) is 3.82. The average Bonchev–Trinajstić information content (AvgIpc) is 3.15. The van der Waals surface area contributed by atoms with Crippen molar-refractivity contribution in [3.8, 4) is 0 Å². The number of anilines is 2. The third-order valence-electron chi connectivity index (χ3n) is 5.36. The van der Waals surface area contributed by atoms with E-state index in [0.717, 1.165) is 11.3 Å². The largest absolute Gasteiger partial charge is 0.351 e. The number of rotatable bonds is 4. The third-order valence-corrected chi connectivity index (χ3v) is 5.36. The molecule has 2 aromatic carbocycles. The summed E-state index contributed by atoms with van der Waals surface area (Å²) in [6.45, 7) is 6.36. The van der Waals surface area contributed by atoms with E-state index in [1.54, 1.807) is 0 Å². The molecule has 4 rings (SSSR count). The van der Waals surface area contributed by atoms with Crippen LogP contribution in [0.4, 0.5) is 11.6 Å². The van der Waals surface area contributed by atoms with E-state index in [1.807, 2.05) is 41.9 Å². The summed E-state index contributed by atoms with van der Waals surface area (Å²) in [6, 6.07) is 17.7. The van der Waals surface area contributed by atoms with Gasteiger partial charge in [0.25, 0.3) is 0 Å². The molecule has 0 saturated heterocycles. The third kappa shape index (κ3) is 3.38. The Balaban J connectivity index is 1.71. The van der Waals surface area contributed by atoms with E-state index in [9.17, 15) is 4.79 Å². The van der Waals surface area contributed by atoms with Gasteiger partial charge in [0.2, 0.25) is 11.9 Å². The first-order valence-corrected chi connectivity index (χ1v) is 9.66. The van der Waals surface area contributed by atoms with Gasteiger partial charge in [0.05, 0.1) is 12.0 Å². The van der Waals surface area contributed by atoms with Gasteiger partial charge in [0.1, 0.15) is 6.33 Å². The van der Waals surface area contributed by atoms with E-state index in [-0.39, 0.29) is 23.9 Å². The van der Waals surface area contributed by atoms with Gasteiger partial charge in [-0.3, -0.25) is 4.79 Å². The normalized spacial score (nSPS) is 21.1. The molecule has 0 saturated carbocycles. The summed E-state index contributed by atoms with van der Waals surface area (Å²) in [6.07, 6.45) is 1.53. The predicted molar refractivity (Wildman–Crippen MR) is 110 cm³/mol. The van der Waals surface area contributed by atoms with Crippen LogP contribution in [0.3, 0.4) is 0 Å². The highest BCUT2D eigenvalue weighted by Crippen LogP contribution is 2.36. The van der Waals surface area contributed by atoms with E-state index >= 15 is 0 Å². The van der Waals surface area contributed by atoms with Crippen molar-refractivity contribution in [2.75, 3.05) is 10.6 Å². The summed E-state index contributed by atoms with van der Waals surface area (Å²) < 4.78 is 1.82. The summed E-state index contributed by atoms with van der Waals surface area (Å²) in [5.74, 6) is 0.777. The lowest BCUT2D eigenvalue weighted by molar-refractivity contribution is -0.121. The zero-order chi connectivity index (χ0) is 19.7. The Bertz CT molecular complexity index is 949. The van der Waals surface area contributed by atoms with E-state index < -0.39 is 0 Å². The molecule has 0 spiro atoms. The number of hydrogen-bond acceptors (Lipinski definition) is 4. The molecule has 1 aliphatic rings. The zero-order valence-corrected chi connectivity index (χ0v) is 16.3. The Labute approximate surface area is 165 Å². The van der Waals surface area contributed by atoms with Gasteiger partial charge < -0.3 is 10.6 Å². The van der Waals surface area contributed by atoms with E-state index in [4.69, 9.17) is 0 Å². The smallest absolute Gasteiger partial charge is 0.232 e. The molecule has 1 aromatic heterocycles. The molecular formula is C22H25N5O. The molecule has 144 valence electrons. The molecule has 1 aliphatic heterocycles. The first kappa shape index (κ1) is 18.2. The Morgan fingerprint density at radius 3 is 2.50 bits per heavy atom. The summed E-state index contributed by atoms with van der Waals surface area (Å²) >= 11 is 0. The maximum Gasteiger partial charge on any atom is 0.232 e. The van der Waals surface area contributed by atoms with Crippen molar-refractivity contribution < 1.29 is 4.79 Å². The number of fused-ring (bicyclic) bond motifs is 1. The number of amides is 1. The maximum absolute atomic E-state index is 13.3. The molecule has 3 atom stereocenters. The number of benzene rings is 2. The number of hydrogen-bond donors (Lipinski definition) is 2. The lowest BCUT2D eigenvalue weighted by Gasteiger charge is -2.37. The second kappa shape index (κ2) is 7.46. The van der Waals surface area contributed by atoms with E-state index in [0.29, 0.717) is 11.9 Å². The molecule has 0 aliphatic carbocycles. The number of nitrogens with zero attached hydrogens (tertiary/aromatic N) is 3. The minimum Gasteiger partial charge on any atom is -0.351 e. The lowest BCUT2D eigenvalue weighted by atomic mass is 9.84. The van der Waals surface area contributed by atoms with Crippen molar-refractivity contribution in [2.45, 2.75) is 38.8 Å². The van der Waals surface area contributed by atoms with Gasteiger partial charge in [0, 0.05) is 11.7 Å². The minimum atomic E-state index is -0.334. The van der Waals surface area contributed by atoms with Crippen LogP contribution in [0.25, 0.3) is 0 Å². The fourth-order valence-corrected chi connectivity index (χ4v) is 3.82. The molecular weight excluding hydrogens is 350 g/mol. The Hall–Kier alpha value is -3.15. The molecule has 2 heterocycles. The highest BCUT2D eigenvalue weighted by atomic mass is 16.2. The molecule has 1 amide bonds. The molecule has 0 bridgehead atoms. The maximum atomic E-state index is 13.3. The van der Waals surface area contributed by atoms with E-state index in [2.05, 4.69) is 58.8 Å². The molecule has 3 aromatic rings. The van der Waals surface area contributed by atoms with Gasteiger partial charge in [-0.05, 0) is 36.1 Å². The van der Waals surface area contributed by atoms with Crippen LogP contribution in [0.1, 0.15) is 43.9 Å². The first-order chi connectivity index (χ1) is 13.5. The molecule has 0 unspecified atom stereocenters. The van der Waals surface area contributed by atoms with Crippen molar-refractivity contribution in [3.63, 3.8) is 0 Å². The quantitative estimate of drug-likeness (QED) is 0.721. The summed E-state index contributed by atoms with van der Waals surface area (Å²) in [5.41, 5.74) is 3.12. The second-order valence-corrected chi connectivity index (χ2v) is 7.61. The van der Waals surface area contributed by atoms with Crippen LogP contribution in [0, 0.1) is 5.92 Å². The topological polar surface area (TPSA) is 71.8 Å². The van der Waals surface area contributed by atoms with Crippen molar-refractivity contribution in [2.24, 2.45) is 5.92 Å². The van der Waals surface area contributed by atoms with Gasteiger partial charge in [-0.1, -0.05) is 56.3 Å². The Morgan fingerprint density at radius 2 is 1.82 bits per heavy atom. The van der Waals surface area contributed by atoms with Crippen LogP contribution in [0.5, 0.6) is 0 Å². The molecule has 6 heteroatoms. The van der Waals surface area contributed by atoms with Crippen LogP contribution in [0.2, 0.25) is 0 Å². The SMILES string of the molecule is CC(C)c1ccc([C@@H]2[C@H](C(=O)Nc3ccccc3)[C@@H](C)Nc3ncnn32)cc1. The minimum absolute atomic E-state index is 0.0368. The lowest BCUT2D eigenvalue weighted by Crippen LogP contribution is -2.46. The molecule has 2 N–H and O–H groups in total. The van der Waals surface area contributed by atoms with Crippen LogP contribution in [-0.4, -0.2) is 26.7 Å². The zero-order valence-electron chi connectivity index (χ0n) is 16.3. The number of carbonyl (C=O) groups is 1. The number of para-hydroxylation sites is 1. The molecule has 28 heavy (non-hydrogen) atoms. The van der Waals surface area contributed by atoms with Crippen molar-refractivity contribution in [1.82, 2.24) is 14.8 Å². The van der Waals surface area contributed by atoms with Gasteiger partial charge >= 0.3 is 0 Å². The molecule has 0 fully saturated rings. The summed E-state index contributed by atoms with van der Waals surface area (Å²) in [5, 5.41) is 10.8. The van der Waals surface area contributed by atoms with Crippen LogP contribution >= 0.6 is 0 Å². The van der Waals surface area contributed by atoms with E-state index in [1.165, 1.54) is 11.9 Å². The highest BCUT2D eigenvalue weighted by molar-refractivity contribution is 5.94. The Kier molecular flexibility index (Phi) is 4.86. The van der Waals surface area contributed by atoms with Crippen LogP contribution < -0.4 is 10.6 Å². The fraction of sp³-hybridized carbons (Fsp3) is 0.318. The van der Waals surface area contributed by atoms with Crippen molar-refractivity contribution in [1.29, 1.82) is 0 Å². The number of aromatic nitrogens is 3. The summed E-state index contributed by atoms with van der Waals surface area (Å²) in [7, 11) is 0. The van der Waals surface area contributed by atoms with Crippen molar-refractivity contribution >= 4 is 17.5 Å². The Morgan fingerprint density at radius 1 is 1.11 bits per heavy atom.